The second-order valence-corrected chi connectivity index (χ2v) is 6.43. The summed E-state index contributed by atoms with van der Waals surface area (Å²) in [4.78, 5) is 16.1. The number of hydrogen-bond donors (Lipinski definition) is 2. The molecule has 0 spiro atoms. The van der Waals surface area contributed by atoms with Crippen LogP contribution in [0.2, 0.25) is 5.02 Å². The molecule has 3 N–H and O–H groups in total. The third kappa shape index (κ3) is 5.39. The van der Waals surface area contributed by atoms with Crippen molar-refractivity contribution in [2.75, 3.05) is 11.9 Å². The van der Waals surface area contributed by atoms with Gasteiger partial charge in [-0.3, -0.25) is 5.32 Å². The van der Waals surface area contributed by atoms with Gasteiger partial charge in [0.1, 0.15) is 13.2 Å². The van der Waals surface area contributed by atoms with Crippen LogP contribution < -0.4 is 11.1 Å². The Morgan fingerprint density at radius 2 is 1.88 bits per heavy atom. The van der Waals surface area contributed by atoms with Gasteiger partial charge in [0.05, 0.1) is 6.04 Å². The second kappa shape index (κ2) is 8.58. The Balaban J connectivity index is 1.43. The molecule has 1 unspecified atom stereocenters. The highest BCUT2D eigenvalue weighted by atomic mass is 35.5. The van der Waals surface area contributed by atoms with Gasteiger partial charge >= 0.3 is 6.09 Å². The average Bonchev–Trinajstić information content (AvgIpc) is 3.06. The van der Waals surface area contributed by atoms with E-state index in [-0.39, 0.29) is 18.7 Å². The van der Waals surface area contributed by atoms with Gasteiger partial charge in [-0.25, -0.2) is 9.79 Å². The van der Waals surface area contributed by atoms with E-state index in [2.05, 4.69) is 10.3 Å². The molecule has 26 heavy (non-hydrogen) atoms. The number of carbonyl (C=O) groups is 1. The number of nitrogens with zero attached hydrogens (tertiary/aromatic N) is 1. The van der Waals surface area contributed by atoms with Crippen LogP contribution in [0.15, 0.2) is 53.5 Å². The highest BCUT2D eigenvalue weighted by Gasteiger charge is 2.16. The third-order valence-corrected chi connectivity index (χ3v) is 4.24. The molecule has 1 heterocycles. The molecule has 1 amide bonds. The number of benzene rings is 2. The number of halogens is 1. The van der Waals surface area contributed by atoms with Crippen molar-refractivity contribution in [1.82, 2.24) is 0 Å². The molecule has 0 radical (unpaired) electrons. The first-order valence-electron chi connectivity index (χ1n) is 8.32. The Labute approximate surface area is 157 Å². The third-order valence-electron chi connectivity index (χ3n) is 3.98. The number of hydrogen-bond acceptors (Lipinski definition) is 5. The largest absolute Gasteiger partial charge is 0.463 e. The number of aryl methyl sites for hydroxylation is 1. The first-order valence-corrected chi connectivity index (χ1v) is 8.69. The summed E-state index contributed by atoms with van der Waals surface area (Å²) in [5.41, 5.74) is 8.21. The highest BCUT2D eigenvalue weighted by molar-refractivity contribution is 6.30. The van der Waals surface area contributed by atoms with Crippen molar-refractivity contribution < 1.29 is 14.3 Å². The van der Waals surface area contributed by atoms with E-state index in [0.29, 0.717) is 17.3 Å². The lowest BCUT2D eigenvalue weighted by atomic mass is 10.1. The number of ether oxygens (including phenoxy) is 2. The number of amidine groups is 1. The van der Waals surface area contributed by atoms with Gasteiger partial charge in [-0.2, -0.15) is 0 Å². The van der Waals surface area contributed by atoms with Crippen molar-refractivity contribution >= 4 is 29.4 Å². The predicted octanol–water partition coefficient (Wildman–Crippen LogP) is 3.73. The topological polar surface area (TPSA) is 85.9 Å². The molecule has 0 aliphatic carbocycles. The van der Waals surface area contributed by atoms with Crippen LogP contribution in [-0.4, -0.2) is 24.8 Å². The molecule has 1 aliphatic rings. The molecule has 0 saturated carbocycles. The van der Waals surface area contributed by atoms with Crippen LogP contribution in [0.3, 0.4) is 0 Å². The number of aliphatic imine (C=N–C) groups is 1. The van der Waals surface area contributed by atoms with Gasteiger partial charge in [0.2, 0.25) is 0 Å². The van der Waals surface area contributed by atoms with Crippen LogP contribution in [0.5, 0.6) is 0 Å². The smallest absolute Gasteiger partial charge is 0.411 e. The van der Waals surface area contributed by atoms with Crippen molar-refractivity contribution in [3.05, 3.63) is 64.7 Å². The molecule has 2 aromatic carbocycles. The zero-order chi connectivity index (χ0) is 18.4. The summed E-state index contributed by atoms with van der Waals surface area (Å²) >= 11 is 5.82. The van der Waals surface area contributed by atoms with Crippen LogP contribution in [0.25, 0.3) is 0 Å². The van der Waals surface area contributed by atoms with E-state index < -0.39 is 6.09 Å². The van der Waals surface area contributed by atoms with E-state index in [1.165, 1.54) is 0 Å². The molecule has 0 fully saturated rings. The zero-order valence-corrected chi connectivity index (χ0v) is 14.9. The predicted molar refractivity (Wildman–Crippen MR) is 101 cm³/mol. The SMILES string of the molecule is NC1=NC(CCc2ccc(NC(=O)OCc3ccc(Cl)cc3)cc2)CO1. The van der Waals surface area contributed by atoms with Crippen LogP contribution in [0, 0.1) is 0 Å². The minimum absolute atomic E-state index is 0.121. The maximum Gasteiger partial charge on any atom is 0.411 e. The first-order chi connectivity index (χ1) is 12.6. The van der Waals surface area contributed by atoms with E-state index in [1.54, 1.807) is 12.1 Å². The van der Waals surface area contributed by atoms with Crippen LogP contribution in [0.4, 0.5) is 10.5 Å². The standard InChI is InChI=1S/C19H20ClN3O3/c20-15-6-1-14(2-7-15)11-26-19(24)23-16-8-3-13(4-9-16)5-10-17-12-25-18(21)22-17/h1-4,6-9,17H,5,10-12H2,(H2,21,22)(H,23,24). The maximum absolute atomic E-state index is 11.9. The molecule has 0 aromatic heterocycles. The van der Waals surface area contributed by atoms with Gasteiger partial charge in [-0.15, -0.1) is 0 Å². The van der Waals surface area contributed by atoms with Crippen molar-refractivity contribution in [1.29, 1.82) is 0 Å². The van der Waals surface area contributed by atoms with Crippen LogP contribution in [0.1, 0.15) is 17.5 Å². The molecule has 0 bridgehead atoms. The Morgan fingerprint density at radius 1 is 1.19 bits per heavy atom. The molecule has 7 heteroatoms. The van der Waals surface area contributed by atoms with Crippen molar-refractivity contribution in [2.45, 2.75) is 25.5 Å². The summed E-state index contributed by atoms with van der Waals surface area (Å²) in [6, 6.07) is 15.2. The number of nitrogens with two attached hydrogens (primary N) is 1. The molecule has 6 nitrogen and oxygen atoms in total. The first kappa shape index (κ1) is 18.1. The number of rotatable bonds is 6. The van der Waals surface area contributed by atoms with E-state index in [9.17, 15) is 4.79 Å². The van der Waals surface area contributed by atoms with Crippen molar-refractivity contribution in [3.8, 4) is 0 Å². The van der Waals surface area contributed by atoms with Gasteiger partial charge in [0, 0.05) is 10.7 Å². The molecule has 1 aliphatic heterocycles. The van der Waals surface area contributed by atoms with Crippen molar-refractivity contribution in [2.24, 2.45) is 10.7 Å². The lowest BCUT2D eigenvalue weighted by molar-refractivity contribution is 0.155. The Bertz CT molecular complexity index is 776. The molecular weight excluding hydrogens is 354 g/mol. The molecule has 136 valence electrons. The molecular formula is C19H20ClN3O3. The number of amides is 1. The van der Waals surface area contributed by atoms with Gasteiger partial charge in [-0.05, 0) is 48.2 Å². The molecule has 1 atom stereocenters. The lowest BCUT2D eigenvalue weighted by Gasteiger charge is -2.09. The van der Waals surface area contributed by atoms with Crippen molar-refractivity contribution in [3.63, 3.8) is 0 Å². The summed E-state index contributed by atoms with van der Waals surface area (Å²) in [6.07, 6.45) is 1.24. The fraction of sp³-hybridized carbons (Fsp3) is 0.263. The number of nitrogens with one attached hydrogen (secondary N) is 1. The Hall–Kier alpha value is -2.73. The lowest BCUT2D eigenvalue weighted by Crippen LogP contribution is -2.13. The summed E-state index contributed by atoms with van der Waals surface area (Å²) in [6.45, 7) is 0.735. The summed E-state index contributed by atoms with van der Waals surface area (Å²) in [5, 5.41) is 3.36. The minimum atomic E-state index is -0.499. The van der Waals surface area contributed by atoms with Gasteiger partial charge in [0.25, 0.3) is 6.02 Å². The quantitative estimate of drug-likeness (QED) is 0.807. The number of carbonyl (C=O) groups excluding carboxylic acids is 1. The van der Waals surface area contributed by atoms with E-state index >= 15 is 0 Å². The second-order valence-electron chi connectivity index (χ2n) is 6.00. The molecule has 3 rings (SSSR count). The van der Waals surface area contributed by atoms with E-state index in [1.807, 2.05) is 36.4 Å². The summed E-state index contributed by atoms with van der Waals surface area (Å²) in [5.74, 6) is 0. The van der Waals surface area contributed by atoms with Gasteiger partial charge in [-0.1, -0.05) is 35.9 Å². The van der Waals surface area contributed by atoms with Gasteiger partial charge < -0.3 is 15.2 Å². The Kier molecular flexibility index (Phi) is 5.96. The van der Waals surface area contributed by atoms with Crippen LogP contribution in [-0.2, 0) is 22.5 Å². The van der Waals surface area contributed by atoms with Crippen LogP contribution >= 0.6 is 11.6 Å². The fourth-order valence-electron chi connectivity index (χ4n) is 2.56. The highest BCUT2D eigenvalue weighted by Crippen LogP contribution is 2.15. The molecule has 2 aromatic rings. The average molecular weight is 374 g/mol. The van der Waals surface area contributed by atoms with Gasteiger partial charge in [0.15, 0.2) is 0 Å². The fourth-order valence-corrected chi connectivity index (χ4v) is 2.68. The summed E-state index contributed by atoms with van der Waals surface area (Å²) < 4.78 is 10.3. The Morgan fingerprint density at radius 3 is 2.54 bits per heavy atom. The monoisotopic (exact) mass is 373 g/mol. The van der Waals surface area contributed by atoms with E-state index in [0.717, 1.165) is 24.0 Å². The maximum atomic E-state index is 11.9. The zero-order valence-electron chi connectivity index (χ0n) is 14.2. The minimum Gasteiger partial charge on any atom is -0.463 e. The normalized spacial score (nSPS) is 15.9. The van der Waals surface area contributed by atoms with E-state index in [4.69, 9.17) is 26.8 Å². The summed E-state index contributed by atoms with van der Waals surface area (Å²) in [7, 11) is 0. The molecule has 0 saturated heterocycles. The number of anilines is 1.